The number of benzene rings is 1. The van der Waals surface area contributed by atoms with Crippen LogP contribution in [0.15, 0.2) is 18.2 Å². The van der Waals surface area contributed by atoms with Gasteiger partial charge in [-0.05, 0) is 26.0 Å². The highest BCUT2D eigenvalue weighted by atomic mass is 16.4. The molecule has 0 atom stereocenters. The molecule has 0 bridgehead atoms. The van der Waals surface area contributed by atoms with Crippen molar-refractivity contribution in [1.82, 2.24) is 4.90 Å². The Labute approximate surface area is 105 Å². The number of aromatic hydroxyl groups is 1. The van der Waals surface area contributed by atoms with Crippen LogP contribution in [0.4, 0.5) is 10.5 Å². The monoisotopic (exact) mass is 252 g/mol. The summed E-state index contributed by atoms with van der Waals surface area (Å²) < 4.78 is 0. The van der Waals surface area contributed by atoms with Crippen LogP contribution in [-0.4, -0.2) is 40.2 Å². The highest BCUT2D eigenvalue weighted by molar-refractivity contribution is 5.93. The molecule has 98 valence electrons. The predicted molar refractivity (Wildman–Crippen MR) is 67.0 cm³/mol. The zero-order valence-corrected chi connectivity index (χ0v) is 10.3. The van der Waals surface area contributed by atoms with Crippen LogP contribution in [0.25, 0.3) is 0 Å². The van der Waals surface area contributed by atoms with Gasteiger partial charge in [-0.2, -0.15) is 0 Å². The smallest absolute Gasteiger partial charge is 0.339 e. The fourth-order valence-electron chi connectivity index (χ4n) is 1.50. The molecule has 1 aromatic carbocycles. The molecular formula is C12H16N2O4. The molecule has 6 nitrogen and oxygen atoms in total. The molecule has 18 heavy (non-hydrogen) atoms. The van der Waals surface area contributed by atoms with E-state index in [9.17, 15) is 14.7 Å². The van der Waals surface area contributed by atoms with Gasteiger partial charge in [-0.15, -0.1) is 0 Å². The van der Waals surface area contributed by atoms with Crippen molar-refractivity contribution in [3.8, 4) is 5.75 Å². The maximum Gasteiger partial charge on any atom is 0.339 e. The van der Waals surface area contributed by atoms with Crippen LogP contribution in [0.5, 0.6) is 5.75 Å². The van der Waals surface area contributed by atoms with E-state index in [2.05, 4.69) is 5.32 Å². The number of aromatic carboxylic acids is 1. The van der Waals surface area contributed by atoms with E-state index in [0.29, 0.717) is 18.8 Å². The molecule has 0 spiro atoms. The highest BCUT2D eigenvalue weighted by Gasteiger charge is 2.13. The van der Waals surface area contributed by atoms with E-state index in [0.717, 1.165) is 0 Å². The molecule has 0 aliphatic carbocycles. The van der Waals surface area contributed by atoms with E-state index in [1.165, 1.54) is 18.2 Å². The zero-order chi connectivity index (χ0) is 13.7. The number of rotatable bonds is 4. The molecule has 0 saturated heterocycles. The molecule has 0 heterocycles. The van der Waals surface area contributed by atoms with Crippen molar-refractivity contribution in [2.45, 2.75) is 13.8 Å². The lowest BCUT2D eigenvalue weighted by atomic mass is 10.2. The lowest BCUT2D eigenvalue weighted by Gasteiger charge is -2.19. The van der Waals surface area contributed by atoms with Crippen LogP contribution in [0, 0.1) is 0 Å². The first-order chi connectivity index (χ1) is 8.49. The fourth-order valence-corrected chi connectivity index (χ4v) is 1.50. The van der Waals surface area contributed by atoms with Crippen molar-refractivity contribution in [3.63, 3.8) is 0 Å². The molecule has 1 aromatic rings. The van der Waals surface area contributed by atoms with Crippen LogP contribution < -0.4 is 5.32 Å². The lowest BCUT2D eigenvalue weighted by Crippen LogP contribution is -2.34. The number of phenols is 1. The highest BCUT2D eigenvalue weighted by Crippen LogP contribution is 2.22. The number of carbonyl (C=O) groups excluding carboxylic acids is 1. The standard InChI is InChI=1S/C12H16N2O4/c1-3-14(4-2)12(18)13-8-5-6-9(11(16)17)10(15)7-8/h5-7,15H,3-4H2,1-2H3,(H,13,18)(H,16,17). The molecule has 0 fully saturated rings. The Balaban J connectivity index is 2.83. The van der Waals surface area contributed by atoms with Gasteiger partial charge < -0.3 is 20.4 Å². The maximum atomic E-state index is 11.7. The fraction of sp³-hybridized carbons (Fsp3) is 0.333. The molecular weight excluding hydrogens is 236 g/mol. The van der Waals surface area contributed by atoms with Crippen molar-refractivity contribution in [2.24, 2.45) is 0 Å². The summed E-state index contributed by atoms with van der Waals surface area (Å²) in [5.74, 6) is -1.59. The topological polar surface area (TPSA) is 89.9 Å². The van der Waals surface area contributed by atoms with E-state index in [1.807, 2.05) is 13.8 Å². The Bertz CT molecular complexity index is 455. The number of amides is 2. The lowest BCUT2D eigenvalue weighted by molar-refractivity contribution is 0.0694. The number of anilines is 1. The molecule has 2 amide bonds. The van der Waals surface area contributed by atoms with E-state index in [4.69, 9.17) is 5.11 Å². The van der Waals surface area contributed by atoms with Gasteiger partial charge in [-0.1, -0.05) is 0 Å². The normalized spacial score (nSPS) is 9.89. The number of carboxylic acid groups (broad SMARTS) is 1. The Kier molecular flexibility index (Phi) is 4.53. The first kappa shape index (κ1) is 13.8. The quantitative estimate of drug-likeness (QED) is 0.764. The molecule has 6 heteroatoms. The summed E-state index contributed by atoms with van der Waals surface area (Å²) in [4.78, 5) is 24.0. The van der Waals surface area contributed by atoms with E-state index >= 15 is 0 Å². The minimum atomic E-state index is -1.21. The summed E-state index contributed by atoms with van der Waals surface area (Å²) in [5, 5.41) is 20.8. The van der Waals surface area contributed by atoms with E-state index < -0.39 is 5.97 Å². The molecule has 0 saturated carbocycles. The number of hydrogen-bond acceptors (Lipinski definition) is 3. The Morgan fingerprint density at radius 2 is 1.89 bits per heavy atom. The van der Waals surface area contributed by atoms with Gasteiger partial charge in [0.15, 0.2) is 0 Å². The Morgan fingerprint density at radius 1 is 1.28 bits per heavy atom. The third kappa shape index (κ3) is 3.13. The van der Waals surface area contributed by atoms with Gasteiger partial charge in [0.05, 0.1) is 0 Å². The van der Waals surface area contributed by atoms with Crippen LogP contribution >= 0.6 is 0 Å². The van der Waals surface area contributed by atoms with Gasteiger partial charge in [0.2, 0.25) is 0 Å². The van der Waals surface area contributed by atoms with Crippen molar-refractivity contribution in [1.29, 1.82) is 0 Å². The molecule has 3 N–H and O–H groups in total. The largest absolute Gasteiger partial charge is 0.507 e. The van der Waals surface area contributed by atoms with E-state index in [-0.39, 0.29) is 17.3 Å². The summed E-state index contributed by atoms with van der Waals surface area (Å²) in [6.45, 7) is 4.85. The van der Waals surface area contributed by atoms with Gasteiger partial charge in [-0.3, -0.25) is 0 Å². The second-order valence-corrected chi connectivity index (χ2v) is 3.64. The predicted octanol–water partition coefficient (Wildman–Crippen LogP) is 1.96. The Morgan fingerprint density at radius 3 is 2.33 bits per heavy atom. The van der Waals surface area contributed by atoms with Crippen LogP contribution in [-0.2, 0) is 0 Å². The molecule has 0 radical (unpaired) electrons. The van der Waals surface area contributed by atoms with Gasteiger partial charge in [-0.25, -0.2) is 9.59 Å². The molecule has 0 aromatic heterocycles. The van der Waals surface area contributed by atoms with Crippen molar-refractivity contribution in [2.75, 3.05) is 18.4 Å². The summed E-state index contributed by atoms with van der Waals surface area (Å²) in [7, 11) is 0. The van der Waals surface area contributed by atoms with Gasteiger partial charge >= 0.3 is 12.0 Å². The molecule has 1 rings (SSSR count). The zero-order valence-electron chi connectivity index (χ0n) is 10.3. The van der Waals surface area contributed by atoms with Crippen LogP contribution in [0.2, 0.25) is 0 Å². The third-order valence-corrected chi connectivity index (χ3v) is 2.53. The summed E-state index contributed by atoms with van der Waals surface area (Å²) in [5.41, 5.74) is 0.158. The summed E-state index contributed by atoms with van der Waals surface area (Å²) >= 11 is 0. The van der Waals surface area contributed by atoms with Gasteiger partial charge in [0, 0.05) is 24.8 Å². The van der Waals surface area contributed by atoms with Crippen molar-refractivity contribution < 1.29 is 19.8 Å². The number of urea groups is 1. The number of nitrogens with one attached hydrogen (secondary N) is 1. The average Bonchev–Trinajstić information content (AvgIpc) is 2.30. The van der Waals surface area contributed by atoms with E-state index in [1.54, 1.807) is 4.90 Å². The minimum Gasteiger partial charge on any atom is -0.507 e. The van der Waals surface area contributed by atoms with Crippen molar-refractivity contribution >= 4 is 17.7 Å². The second kappa shape index (κ2) is 5.90. The maximum absolute atomic E-state index is 11.7. The second-order valence-electron chi connectivity index (χ2n) is 3.64. The Hall–Kier alpha value is -2.24. The van der Waals surface area contributed by atoms with Crippen LogP contribution in [0.1, 0.15) is 24.2 Å². The van der Waals surface area contributed by atoms with Gasteiger partial charge in [0.25, 0.3) is 0 Å². The first-order valence-corrected chi connectivity index (χ1v) is 5.61. The first-order valence-electron chi connectivity index (χ1n) is 5.61. The minimum absolute atomic E-state index is 0.198. The van der Waals surface area contributed by atoms with Crippen molar-refractivity contribution in [3.05, 3.63) is 23.8 Å². The number of hydrogen-bond donors (Lipinski definition) is 3. The molecule has 0 aliphatic rings. The number of carbonyl (C=O) groups is 2. The number of carboxylic acids is 1. The molecule has 0 unspecified atom stereocenters. The third-order valence-electron chi connectivity index (χ3n) is 2.53. The van der Waals surface area contributed by atoms with Crippen LogP contribution in [0.3, 0.4) is 0 Å². The number of nitrogens with zero attached hydrogens (tertiary/aromatic N) is 1. The molecule has 0 aliphatic heterocycles. The SMILES string of the molecule is CCN(CC)C(=O)Nc1ccc(C(=O)O)c(O)c1. The average molecular weight is 252 g/mol. The summed E-state index contributed by atoms with van der Waals surface area (Å²) in [6.07, 6.45) is 0. The summed E-state index contributed by atoms with van der Waals surface area (Å²) in [6, 6.07) is 3.60. The van der Waals surface area contributed by atoms with Gasteiger partial charge in [0.1, 0.15) is 11.3 Å².